The van der Waals surface area contributed by atoms with Crippen LogP contribution in [-0.4, -0.2) is 55.5 Å². The van der Waals surface area contributed by atoms with Crippen LogP contribution in [0.3, 0.4) is 0 Å². The fourth-order valence-corrected chi connectivity index (χ4v) is 4.67. The van der Waals surface area contributed by atoms with Crippen LogP contribution in [0, 0.1) is 5.92 Å². The number of hydrogen-bond donors (Lipinski definition) is 1. The fraction of sp³-hybridized carbons (Fsp3) is 1.00. The lowest BCUT2D eigenvalue weighted by molar-refractivity contribution is 0.0170. The molecule has 4 nitrogen and oxygen atoms in total. The summed E-state index contributed by atoms with van der Waals surface area (Å²) in [4.78, 5) is 2.44. The molecule has 0 bridgehead atoms. The minimum absolute atomic E-state index is 0.0723. The summed E-state index contributed by atoms with van der Waals surface area (Å²) in [6.45, 7) is 11.2. The number of nitrogens with zero attached hydrogens (tertiary/aromatic N) is 1. The molecule has 1 unspecified atom stereocenters. The van der Waals surface area contributed by atoms with Gasteiger partial charge in [0, 0.05) is 36.5 Å². The molecule has 20 heavy (non-hydrogen) atoms. The average Bonchev–Trinajstić information content (AvgIpc) is 3.15. The second-order valence-corrected chi connectivity index (χ2v) is 9.75. The van der Waals surface area contributed by atoms with Gasteiger partial charge < -0.3 is 5.32 Å². The molecule has 1 N–H and O–H groups in total. The number of piperazine rings is 1. The summed E-state index contributed by atoms with van der Waals surface area (Å²) in [6.07, 6.45) is 3.29. The van der Waals surface area contributed by atoms with E-state index in [1.165, 1.54) is 12.8 Å². The van der Waals surface area contributed by atoms with Gasteiger partial charge in [-0.3, -0.25) is 4.90 Å². The first-order chi connectivity index (χ1) is 9.19. The standard InChI is InChI=1S/C15H30N2O2S/c1-5-9-20(18,19)10-8-17-12-14(2,3)16-11-15(17,4)13-6-7-13/h13,16H,5-12H2,1-4H3. The lowest BCUT2D eigenvalue weighted by atomic mass is 9.86. The molecule has 1 atom stereocenters. The minimum atomic E-state index is -2.89. The Labute approximate surface area is 124 Å². The van der Waals surface area contributed by atoms with Crippen molar-refractivity contribution in [3.05, 3.63) is 0 Å². The molecule has 1 aliphatic carbocycles. The molecule has 1 saturated heterocycles. The quantitative estimate of drug-likeness (QED) is 0.811. The van der Waals surface area contributed by atoms with Crippen LogP contribution >= 0.6 is 0 Å². The van der Waals surface area contributed by atoms with Gasteiger partial charge in [0.05, 0.1) is 5.75 Å². The van der Waals surface area contributed by atoms with E-state index in [1.54, 1.807) is 0 Å². The first kappa shape index (κ1) is 16.2. The van der Waals surface area contributed by atoms with Gasteiger partial charge in [0.15, 0.2) is 9.84 Å². The summed E-state index contributed by atoms with van der Waals surface area (Å²) in [5.74, 6) is 1.36. The molecular formula is C15H30N2O2S. The molecule has 2 aliphatic rings. The van der Waals surface area contributed by atoms with Crippen molar-refractivity contribution in [1.29, 1.82) is 0 Å². The van der Waals surface area contributed by atoms with Crippen molar-refractivity contribution in [2.24, 2.45) is 5.92 Å². The number of rotatable bonds is 6. The van der Waals surface area contributed by atoms with Crippen LogP contribution in [0.15, 0.2) is 0 Å². The van der Waals surface area contributed by atoms with Crippen molar-refractivity contribution < 1.29 is 8.42 Å². The van der Waals surface area contributed by atoms with E-state index in [2.05, 4.69) is 31.0 Å². The normalized spacial score (nSPS) is 31.4. The minimum Gasteiger partial charge on any atom is -0.309 e. The third kappa shape index (κ3) is 3.74. The van der Waals surface area contributed by atoms with E-state index in [9.17, 15) is 8.42 Å². The van der Waals surface area contributed by atoms with Crippen molar-refractivity contribution in [2.45, 2.75) is 58.0 Å². The molecule has 0 aromatic heterocycles. The topological polar surface area (TPSA) is 49.4 Å². The fourth-order valence-electron chi connectivity index (χ4n) is 3.35. The smallest absolute Gasteiger partial charge is 0.151 e. The van der Waals surface area contributed by atoms with Gasteiger partial charge in [0.2, 0.25) is 0 Å². The highest BCUT2D eigenvalue weighted by Gasteiger charge is 2.49. The SMILES string of the molecule is CCCS(=O)(=O)CCN1CC(C)(C)NCC1(C)C1CC1. The number of nitrogens with one attached hydrogen (secondary N) is 1. The highest BCUT2D eigenvalue weighted by atomic mass is 32.2. The molecule has 5 heteroatoms. The lowest BCUT2D eigenvalue weighted by Gasteiger charge is -2.52. The van der Waals surface area contributed by atoms with E-state index < -0.39 is 9.84 Å². The van der Waals surface area contributed by atoms with Gasteiger partial charge in [-0.25, -0.2) is 8.42 Å². The zero-order valence-electron chi connectivity index (χ0n) is 13.4. The molecule has 1 saturated carbocycles. The molecule has 118 valence electrons. The molecular weight excluding hydrogens is 272 g/mol. The van der Waals surface area contributed by atoms with Gasteiger partial charge in [0.25, 0.3) is 0 Å². The molecule has 0 radical (unpaired) electrons. The Morgan fingerprint density at radius 2 is 1.85 bits per heavy atom. The largest absolute Gasteiger partial charge is 0.309 e. The van der Waals surface area contributed by atoms with E-state index in [4.69, 9.17) is 0 Å². The molecule has 1 heterocycles. The second-order valence-electron chi connectivity index (χ2n) is 7.44. The van der Waals surface area contributed by atoms with Crippen LogP contribution in [0.1, 0.15) is 47.0 Å². The summed E-state index contributed by atoms with van der Waals surface area (Å²) in [6, 6.07) is 0. The molecule has 1 aliphatic heterocycles. The molecule has 0 aromatic carbocycles. The van der Waals surface area contributed by atoms with Gasteiger partial charge >= 0.3 is 0 Å². The summed E-state index contributed by atoms with van der Waals surface area (Å²) in [7, 11) is -2.89. The Morgan fingerprint density at radius 1 is 1.20 bits per heavy atom. The van der Waals surface area contributed by atoms with Crippen molar-refractivity contribution in [1.82, 2.24) is 10.2 Å². The van der Waals surface area contributed by atoms with Crippen LogP contribution < -0.4 is 5.32 Å². The molecule has 2 fully saturated rings. The molecule has 0 amide bonds. The Bertz CT molecular complexity index is 443. The zero-order valence-corrected chi connectivity index (χ0v) is 14.2. The maximum absolute atomic E-state index is 12.0. The summed E-state index contributed by atoms with van der Waals surface area (Å²) in [5.41, 5.74) is 0.209. The monoisotopic (exact) mass is 302 g/mol. The molecule has 0 spiro atoms. The zero-order chi connectivity index (χ0) is 15.0. The first-order valence-corrected chi connectivity index (χ1v) is 9.71. The predicted molar refractivity (Wildman–Crippen MR) is 83.7 cm³/mol. The van der Waals surface area contributed by atoms with Crippen LogP contribution in [0.25, 0.3) is 0 Å². The van der Waals surface area contributed by atoms with E-state index in [-0.39, 0.29) is 11.1 Å². The lowest BCUT2D eigenvalue weighted by Crippen LogP contribution is -2.68. The third-order valence-electron chi connectivity index (χ3n) is 4.88. The highest BCUT2D eigenvalue weighted by Crippen LogP contribution is 2.44. The van der Waals surface area contributed by atoms with E-state index >= 15 is 0 Å². The Kier molecular flexibility index (Phi) is 4.53. The number of sulfone groups is 1. The maximum Gasteiger partial charge on any atom is 0.151 e. The van der Waals surface area contributed by atoms with Gasteiger partial charge in [-0.15, -0.1) is 0 Å². The van der Waals surface area contributed by atoms with Crippen molar-refractivity contribution in [3.8, 4) is 0 Å². The van der Waals surface area contributed by atoms with Crippen LogP contribution in [0.4, 0.5) is 0 Å². The van der Waals surface area contributed by atoms with Gasteiger partial charge in [-0.2, -0.15) is 0 Å². The first-order valence-electron chi connectivity index (χ1n) is 7.89. The molecule has 2 rings (SSSR count). The van der Waals surface area contributed by atoms with Gasteiger partial charge in [0.1, 0.15) is 0 Å². The molecule has 0 aromatic rings. The van der Waals surface area contributed by atoms with E-state index in [0.717, 1.165) is 25.4 Å². The summed E-state index contributed by atoms with van der Waals surface area (Å²) < 4.78 is 24.0. The van der Waals surface area contributed by atoms with Crippen LogP contribution in [0.5, 0.6) is 0 Å². The third-order valence-corrected chi connectivity index (χ3v) is 6.71. The Morgan fingerprint density at radius 3 is 2.40 bits per heavy atom. The highest BCUT2D eigenvalue weighted by molar-refractivity contribution is 7.91. The second kappa shape index (κ2) is 5.58. The van der Waals surface area contributed by atoms with Crippen molar-refractivity contribution >= 4 is 9.84 Å². The number of hydrogen-bond acceptors (Lipinski definition) is 4. The summed E-state index contributed by atoms with van der Waals surface area (Å²) in [5, 5.41) is 3.63. The average molecular weight is 302 g/mol. The summed E-state index contributed by atoms with van der Waals surface area (Å²) >= 11 is 0. The van der Waals surface area contributed by atoms with Crippen LogP contribution in [-0.2, 0) is 9.84 Å². The van der Waals surface area contributed by atoms with Gasteiger partial charge in [-0.1, -0.05) is 6.92 Å². The van der Waals surface area contributed by atoms with Crippen LogP contribution in [0.2, 0.25) is 0 Å². The van der Waals surface area contributed by atoms with E-state index in [0.29, 0.717) is 18.1 Å². The Balaban J connectivity index is 2.04. The van der Waals surface area contributed by atoms with Gasteiger partial charge in [-0.05, 0) is 46.0 Å². The maximum atomic E-state index is 12.0. The van der Waals surface area contributed by atoms with Crippen molar-refractivity contribution in [2.75, 3.05) is 31.1 Å². The predicted octanol–water partition coefficient (Wildman–Crippen LogP) is 1.66. The Hall–Kier alpha value is -0.130. The van der Waals surface area contributed by atoms with E-state index in [1.807, 2.05) is 6.92 Å². The van der Waals surface area contributed by atoms with Crippen molar-refractivity contribution in [3.63, 3.8) is 0 Å².